The average Bonchev–Trinajstić information content (AvgIpc) is 3.35. The van der Waals surface area contributed by atoms with Gasteiger partial charge in [-0.3, -0.25) is 10.1 Å². The summed E-state index contributed by atoms with van der Waals surface area (Å²) in [6.07, 6.45) is 2.95. The van der Waals surface area contributed by atoms with E-state index in [0.717, 1.165) is 26.9 Å². The van der Waals surface area contributed by atoms with Gasteiger partial charge in [-0.15, -0.1) is 0 Å². The standard InChI is InChI=1S/C24H20ClN3O2S2/c1-13-10-15(3)22-20(11-13)32-24(27-22)28-23(31)26-21(29)9-7-17-6-8-19(30-17)16-5-4-14(2)18(25)12-16/h4-12H,1-3H3,(H2,26,27,28,29,31)/b9-7+. The van der Waals surface area contributed by atoms with Crippen LogP contribution in [0.25, 0.3) is 27.6 Å². The second-order valence-electron chi connectivity index (χ2n) is 7.39. The molecule has 0 aliphatic heterocycles. The Morgan fingerprint density at radius 1 is 1.12 bits per heavy atom. The van der Waals surface area contributed by atoms with Crippen LogP contribution in [0, 0.1) is 20.8 Å². The van der Waals surface area contributed by atoms with E-state index in [4.69, 9.17) is 28.2 Å². The molecule has 2 heterocycles. The molecule has 8 heteroatoms. The lowest BCUT2D eigenvalue weighted by atomic mass is 10.1. The van der Waals surface area contributed by atoms with Crippen molar-refractivity contribution in [2.45, 2.75) is 20.8 Å². The van der Waals surface area contributed by atoms with E-state index in [1.165, 1.54) is 23.0 Å². The van der Waals surface area contributed by atoms with Gasteiger partial charge in [0.1, 0.15) is 11.5 Å². The summed E-state index contributed by atoms with van der Waals surface area (Å²) in [4.78, 5) is 16.8. The number of aromatic nitrogens is 1. The number of thiazole rings is 1. The predicted molar refractivity (Wildman–Crippen MR) is 136 cm³/mol. The van der Waals surface area contributed by atoms with Gasteiger partial charge in [0.25, 0.3) is 0 Å². The molecule has 1 amide bonds. The molecular formula is C24H20ClN3O2S2. The molecule has 0 atom stereocenters. The fourth-order valence-electron chi connectivity index (χ4n) is 3.21. The minimum absolute atomic E-state index is 0.183. The maximum absolute atomic E-state index is 12.2. The van der Waals surface area contributed by atoms with E-state index >= 15 is 0 Å². The highest BCUT2D eigenvalue weighted by molar-refractivity contribution is 7.80. The Balaban J connectivity index is 1.37. The van der Waals surface area contributed by atoms with Crippen LogP contribution in [0.3, 0.4) is 0 Å². The largest absolute Gasteiger partial charge is 0.457 e. The third-order valence-corrected chi connectivity index (χ3v) is 6.30. The summed E-state index contributed by atoms with van der Waals surface area (Å²) in [7, 11) is 0. The van der Waals surface area contributed by atoms with Crippen molar-refractivity contribution in [2.75, 3.05) is 5.32 Å². The lowest BCUT2D eigenvalue weighted by Crippen LogP contribution is -2.32. The van der Waals surface area contributed by atoms with E-state index in [2.05, 4.69) is 27.8 Å². The Bertz CT molecular complexity index is 1370. The number of hydrogen-bond donors (Lipinski definition) is 2. The fraction of sp³-hybridized carbons (Fsp3) is 0.125. The van der Waals surface area contributed by atoms with Crippen LogP contribution in [-0.2, 0) is 4.79 Å². The Kier molecular flexibility index (Phi) is 6.41. The number of amides is 1. The van der Waals surface area contributed by atoms with Gasteiger partial charge in [-0.05, 0) is 80.0 Å². The normalized spacial score (nSPS) is 11.2. The number of aryl methyl sites for hydroxylation is 3. The van der Waals surface area contributed by atoms with Crippen LogP contribution in [0.1, 0.15) is 22.5 Å². The van der Waals surface area contributed by atoms with Crippen LogP contribution in [-0.4, -0.2) is 16.0 Å². The Labute approximate surface area is 200 Å². The van der Waals surface area contributed by atoms with E-state index in [9.17, 15) is 4.79 Å². The zero-order valence-corrected chi connectivity index (χ0v) is 20.0. The first-order valence-corrected chi connectivity index (χ1v) is 11.4. The monoisotopic (exact) mass is 481 g/mol. The van der Waals surface area contributed by atoms with Crippen molar-refractivity contribution in [3.8, 4) is 11.3 Å². The van der Waals surface area contributed by atoms with Gasteiger partial charge in [0.2, 0.25) is 5.91 Å². The van der Waals surface area contributed by atoms with Crippen molar-refractivity contribution in [1.82, 2.24) is 10.3 Å². The minimum atomic E-state index is -0.369. The predicted octanol–water partition coefficient (Wildman–Crippen LogP) is 6.66. The third kappa shape index (κ3) is 5.07. The number of nitrogens with zero attached hydrogens (tertiary/aromatic N) is 1. The van der Waals surface area contributed by atoms with E-state index in [0.29, 0.717) is 21.7 Å². The fourth-order valence-corrected chi connectivity index (χ4v) is 4.70. The number of hydrogen-bond acceptors (Lipinski definition) is 5. The third-order valence-electron chi connectivity index (χ3n) is 4.77. The molecule has 32 heavy (non-hydrogen) atoms. The maximum atomic E-state index is 12.2. The quantitative estimate of drug-likeness (QED) is 0.252. The van der Waals surface area contributed by atoms with Crippen molar-refractivity contribution >= 4 is 67.6 Å². The number of benzene rings is 2. The molecule has 0 radical (unpaired) electrons. The molecule has 0 saturated carbocycles. The molecule has 0 spiro atoms. The molecule has 4 aromatic rings. The van der Waals surface area contributed by atoms with Gasteiger partial charge >= 0.3 is 0 Å². The van der Waals surface area contributed by atoms with Crippen LogP contribution in [0.2, 0.25) is 5.02 Å². The molecule has 0 saturated heterocycles. The topological polar surface area (TPSA) is 67.2 Å². The molecule has 4 rings (SSSR count). The minimum Gasteiger partial charge on any atom is -0.457 e. The van der Waals surface area contributed by atoms with Crippen LogP contribution >= 0.6 is 35.2 Å². The highest BCUT2D eigenvalue weighted by Crippen LogP contribution is 2.29. The van der Waals surface area contributed by atoms with Gasteiger partial charge in [-0.25, -0.2) is 4.98 Å². The van der Waals surface area contributed by atoms with Crippen molar-refractivity contribution in [1.29, 1.82) is 0 Å². The van der Waals surface area contributed by atoms with E-state index in [-0.39, 0.29) is 11.0 Å². The Morgan fingerprint density at radius 3 is 2.72 bits per heavy atom. The van der Waals surface area contributed by atoms with Crippen LogP contribution in [0.15, 0.2) is 53.0 Å². The zero-order chi connectivity index (χ0) is 22.8. The number of nitrogens with one attached hydrogen (secondary N) is 2. The smallest absolute Gasteiger partial charge is 0.250 e. The molecule has 2 N–H and O–H groups in total. The summed E-state index contributed by atoms with van der Waals surface area (Å²) in [6.45, 7) is 6.02. The molecule has 0 fully saturated rings. The summed E-state index contributed by atoms with van der Waals surface area (Å²) in [5, 5.41) is 7.10. The second kappa shape index (κ2) is 9.24. The summed E-state index contributed by atoms with van der Waals surface area (Å²) in [5.74, 6) is 0.847. The lowest BCUT2D eigenvalue weighted by molar-refractivity contribution is -0.115. The number of halogens is 1. The molecule has 162 valence electrons. The maximum Gasteiger partial charge on any atom is 0.250 e. The van der Waals surface area contributed by atoms with Gasteiger partial charge in [-0.2, -0.15) is 0 Å². The molecule has 0 unspecified atom stereocenters. The number of rotatable bonds is 4. The molecule has 2 aromatic heterocycles. The summed E-state index contributed by atoms with van der Waals surface area (Å²) < 4.78 is 6.86. The van der Waals surface area contributed by atoms with Gasteiger partial charge in [0, 0.05) is 16.7 Å². The van der Waals surface area contributed by atoms with Crippen LogP contribution in [0.5, 0.6) is 0 Å². The van der Waals surface area contributed by atoms with Crippen LogP contribution < -0.4 is 10.6 Å². The first-order chi connectivity index (χ1) is 15.3. The van der Waals surface area contributed by atoms with E-state index < -0.39 is 0 Å². The number of anilines is 1. The first-order valence-electron chi connectivity index (χ1n) is 9.83. The van der Waals surface area contributed by atoms with Gasteiger partial charge in [0.05, 0.1) is 10.2 Å². The van der Waals surface area contributed by atoms with Crippen molar-refractivity contribution in [3.63, 3.8) is 0 Å². The number of furan rings is 1. The number of carbonyl (C=O) groups is 1. The van der Waals surface area contributed by atoms with E-state index in [1.807, 2.05) is 45.0 Å². The average molecular weight is 482 g/mol. The second-order valence-corrected chi connectivity index (χ2v) is 9.24. The summed E-state index contributed by atoms with van der Waals surface area (Å²) in [5.41, 5.74) is 5.09. The molecular weight excluding hydrogens is 462 g/mol. The van der Waals surface area contributed by atoms with Crippen molar-refractivity contribution in [3.05, 3.63) is 76.0 Å². The van der Waals surface area contributed by atoms with Gasteiger partial charge < -0.3 is 9.73 Å². The molecule has 0 aliphatic carbocycles. The Hall–Kier alpha value is -3.00. The Morgan fingerprint density at radius 2 is 1.94 bits per heavy atom. The van der Waals surface area contributed by atoms with Crippen molar-refractivity contribution in [2.24, 2.45) is 0 Å². The summed E-state index contributed by atoms with van der Waals surface area (Å²) >= 11 is 12.9. The van der Waals surface area contributed by atoms with E-state index in [1.54, 1.807) is 12.1 Å². The highest BCUT2D eigenvalue weighted by atomic mass is 35.5. The van der Waals surface area contributed by atoms with Crippen molar-refractivity contribution < 1.29 is 9.21 Å². The molecule has 2 aromatic carbocycles. The number of thiocarbonyl (C=S) groups is 1. The first kappa shape index (κ1) is 22.2. The highest BCUT2D eigenvalue weighted by Gasteiger charge is 2.10. The van der Waals surface area contributed by atoms with Gasteiger partial charge in [0.15, 0.2) is 10.2 Å². The summed E-state index contributed by atoms with van der Waals surface area (Å²) in [6, 6.07) is 13.5. The molecule has 5 nitrogen and oxygen atoms in total. The molecule has 0 bridgehead atoms. The molecule has 0 aliphatic rings. The number of fused-ring (bicyclic) bond motifs is 1. The van der Waals surface area contributed by atoms with Gasteiger partial charge in [-0.1, -0.05) is 41.1 Å². The number of carbonyl (C=O) groups excluding carboxylic acids is 1. The lowest BCUT2D eigenvalue weighted by Gasteiger charge is -2.04. The van der Waals surface area contributed by atoms with Crippen LogP contribution in [0.4, 0.5) is 5.13 Å². The zero-order valence-electron chi connectivity index (χ0n) is 17.7. The SMILES string of the molecule is Cc1cc(C)c2nc(NC(=S)NC(=O)/C=C/c3ccc(-c4ccc(C)c(Cl)c4)o3)sc2c1.